The summed E-state index contributed by atoms with van der Waals surface area (Å²) in [4.78, 5) is 42.4. The normalized spacial score (nSPS) is 16.5. The number of hydrogen-bond donors (Lipinski definition) is 2. The number of fused-ring (bicyclic) bond motifs is 8. The first-order valence-electron chi connectivity index (χ1n) is 14.3. The highest BCUT2D eigenvalue weighted by Crippen LogP contribution is 2.39. The summed E-state index contributed by atoms with van der Waals surface area (Å²) in [7, 11) is 2.80. The zero-order valence-corrected chi connectivity index (χ0v) is 25.4. The average molecular weight is 567 g/mol. The van der Waals surface area contributed by atoms with Gasteiger partial charge in [-0.25, -0.2) is 4.98 Å². The molecule has 2 unspecified atom stereocenters. The van der Waals surface area contributed by atoms with Gasteiger partial charge in [0.05, 0.1) is 31.3 Å². The van der Waals surface area contributed by atoms with E-state index in [1.54, 1.807) is 0 Å². The highest BCUT2D eigenvalue weighted by molar-refractivity contribution is 5.97. The lowest BCUT2D eigenvalue weighted by atomic mass is 9.91. The zero-order valence-electron chi connectivity index (χ0n) is 25.4. The number of aromatic nitrogens is 4. The second-order valence-electron chi connectivity index (χ2n) is 11.0. The number of rotatable bonds is 6. The zero-order chi connectivity index (χ0) is 30.3. The summed E-state index contributed by atoms with van der Waals surface area (Å²) in [5, 5.41) is 0. The summed E-state index contributed by atoms with van der Waals surface area (Å²) >= 11 is 0. The van der Waals surface area contributed by atoms with E-state index in [0.29, 0.717) is 12.1 Å². The summed E-state index contributed by atoms with van der Waals surface area (Å²) in [6.45, 7) is 14.4. The highest BCUT2D eigenvalue weighted by atomic mass is 16.5. The fourth-order valence-electron chi connectivity index (χ4n) is 6.17. The third kappa shape index (κ3) is 4.95. The molecule has 5 rings (SSSR count). The predicted molar refractivity (Wildman–Crippen MR) is 166 cm³/mol. The Morgan fingerprint density at radius 1 is 0.881 bits per heavy atom. The van der Waals surface area contributed by atoms with Gasteiger partial charge < -0.3 is 19.4 Å². The van der Waals surface area contributed by atoms with Crippen molar-refractivity contribution in [3.63, 3.8) is 0 Å². The lowest BCUT2D eigenvalue weighted by Crippen LogP contribution is -2.16. The summed E-state index contributed by atoms with van der Waals surface area (Å²) in [5.41, 5.74) is 13.0. The van der Waals surface area contributed by atoms with Gasteiger partial charge in [0.25, 0.3) is 0 Å². The lowest BCUT2D eigenvalue weighted by Gasteiger charge is -2.13. The molecule has 42 heavy (non-hydrogen) atoms. The maximum Gasteiger partial charge on any atom is 0.315 e. The average Bonchev–Trinajstić information content (AvgIpc) is 3.64. The molecule has 2 aliphatic rings. The molecule has 0 fully saturated rings. The van der Waals surface area contributed by atoms with Gasteiger partial charge in [-0.1, -0.05) is 26.5 Å². The van der Waals surface area contributed by atoms with Crippen LogP contribution in [0.1, 0.15) is 84.1 Å². The number of ether oxygens (including phenoxy) is 2. The summed E-state index contributed by atoms with van der Waals surface area (Å²) in [6, 6.07) is 8.09. The molecule has 8 heteroatoms. The topological polar surface area (TPSA) is 110 Å². The molecule has 0 aromatic carbocycles. The van der Waals surface area contributed by atoms with Gasteiger partial charge in [0, 0.05) is 45.7 Å². The smallest absolute Gasteiger partial charge is 0.315 e. The first kappa shape index (κ1) is 29.0. The van der Waals surface area contributed by atoms with Gasteiger partial charge in [0.1, 0.15) is 5.92 Å². The molecule has 3 aromatic heterocycles. The van der Waals surface area contributed by atoms with Gasteiger partial charge in [-0.2, -0.15) is 0 Å². The Hall–Kier alpha value is -4.46. The summed E-state index contributed by atoms with van der Waals surface area (Å²) in [5.74, 6) is -1.39. The third-order valence-electron chi connectivity index (χ3n) is 8.72. The predicted octanol–water partition coefficient (Wildman–Crippen LogP) is 6.78. The highest BCUT2D eigenvalue weighted by Gasteiger charge is 2.35. The fourth-order valence-corrected chi connectivity index (χ4v) is 6.17. The molecule has 0 radical (unpaired) electrons. The van der Waals surface area contributed by atoms with Crippen LogP contribution in [0.15, 0.2) is 36.9 Å². The van der Waals surface area contributed by atoms with Crippen LogP contribution in [-0.4, -0.2) is 46.1 Å². The number of aryl methyl sites for hydroxylation is 4. The van der Waals surface area contributed by atoms with Crippen molar-refractivity contribution >= 4 is 45.2 Å². The van der Waals surface area contributed by atoms with Crippen molar-refractivity contribution in [3.8, 4) is 0 Å². The Labute approximate surface area is 245 Å². The van der Waals surface area contributed by atoms with Crippen LogP contribution in [0, 0.1) is 13.8 Å². The second-order valence-corrected chi connectivity index (χ2v) is 11.0. The minimum Gasteiger partial charge on any atom is -0.469 e. The first-order chi connectivity index (χ1) is 20.1. The van der Waals surface area contributed by atoms with Crippen molar-refractivity contribution in [1.29, 1.82) is 0 Å². The Bertz CT molecular complexity index is 1810. The van der Waals surface area contributed by atoms with Gasteiger partial charge in [-0.05, 0) is 85.7 Å². The Kier molecular flexibility index (Phi) is 7.91. The van der Waals surface area contributed by atoms with Crippen LogP contribution >= 0.6 is 0 Å². The van der Waals surface area contributed by atoms with E-state index in [-0.39, 0.29) is 24.3 Å². The number of carbonyl (C=O) groups is 2. The van der Waals surface area contributed by atoms with Crippen molar-refractivity contribution in [3.05, 3.63) is 81.9 Å². The van der Waals surface area contributed by atoms with E-state index in [1.807, 2.05) is 32.1 Å². The van der Waals surface area contributed by atoms with E-state index in [1.165, 1.54) is 19.8 Å². The maximum absolute atomic E-state index is 13.1. The van der Waals surface area contributed by atoms with Gasteiger partial charge in [0.15, 0.2) is 0 Å². The van der Waals surface area contributed by atoms with Crippen molar-refractivity contribution < 1.29 is 19.1 Å². The van der Waals surface area contributed by atoms with Gasteiger partial charge >= 0.3 is 11.9 Å². The number of H-pyrrole nitrogens is 2. The molecule has 2 atom stereocenters. The number of aromatic amines is 2. The minimum absolute atomic E-state index is 0.199. The van der Waals surface area contributed by atoms with Gasteiger partial charge in [-0.15, -0.1) is 0 Å². The van der Waals surface area contributed by atoms with Crippen LogP contribution in [0.3, 0.4) is 0 Å². The molecule has 2 aliphatic heterocycles. The van der Waals surface area contributed by atoms with Crippen LogP contribution in [0.2, 0.25) is 0 Å². The molecule has 8 bridgehead atoms. The third-order valence-corrected chi connectivity index (χ3v) is 8.72. The van der Waals surface area contributed by atoms with E-state index < -0.39 is 5.92 Å². The van der Waals surface area contributed by atoms with Gasteiger partial charge in [0.2, 0.25) is 0 Å². The Morgan fingerprint density at radius 3 is 2.12 bits per heavy atom. The molecular formula is C34H38N4O4. The molecule has 2 N–H and O–H groups in total. The quantitative estimate of drug-likeness (QED) is 0.319. The van der Waals surface area contributed by atoms with Crippen molar-refractivity contribution in [2.24, 2.45) is 0 Å². The molecular weight excluding hydrogens is 528 g/mol. The number of esters is 2. The molecule has 218 valence electrons. The SMILES string of the molecule is C=CC1=C(C)c2cc3[nH]c(cc4nc(cc5[nH]c(cc1n2)c(C)c5CC)C(C)C4C(=O)OC)c(CCC(=O)OC)c3C. The molecule has 5 heterocycles. The first-order valence-corrected chi connectivity index (χ1v) is 14.3. The van der Waals surface area contributed by atoms with Crippen LogP contribution in [-0.2, 0) is 31.9 Å². The lowest BCUT2D eigenvalue weighted by molar-refractivity contribution is -0.143. The number of nitrogens with zero attached hydrogens (tertiary/aromatic N) is 2. The summed E-state index contributed by atoms with van der Waals surface area (Å²) < 4.78 is 10.2. The monoisotopic (exact) mass is 566 g/mol. The molecule has 0 spiro atoms. The Balaban J connectivity index is 1.93. The van der Waals surface area contributed by atoms with E-state index in [4.69, 9.17) is 19.4 Å². The number of allylic oxidation sites excluding steroid dienone is 3. The van der Waals surface area contributed by atoms with E-state index in [0.717, 1.165) is 73.4 Å². The number of nitrogens with one attached hydrogen (secondary N) is 2. The minimum atomic E-state index is -0.565. The standard InChI is InChI=1S/C34H38N4O4/c1-9-21-17(3)24-13-25-19(5)23(11-12-32(39)41-7)30(37-25)16-31-33(34(40)42-8)20(6)27(38-31)15-29-22(10-2)18(4)26(36-29)14-28(21)35-24/h9,13-16,20,33,36-37H,1,10-12H2,2-8H3. The number of carbonyl (C=O) groups excluding carboxylic acids is 2. The van der Waals surface area contributed by atoms with Crippen LogP contribution in [0.5, 0.6) is 0 Å². The van der Waals surface area contributed by atoms with E-state index >= 15 is 0 Å². The van der Waals surface area contributed by atoms with Crippen molar-refractivity contribution in [2.45, 2.75) is 65.7 Å². The molecule has 0 amide bonds. The van der Waals surface area contributed by atoms with Crippen LogP contribution < -0.4 is 0 Å². The Morgan fingerprint density at radius 2 is 1.50 bits per heavy atom. The van der Waals surface area contributed by atoms with Crippen LogP contribution in [0.25, 0.3) is 33.2 Å². The second kappa shape index (κ2) is 11.4. The van der Waals surface area contributed by atoms with E-state index in [2.05, 4.69) is 49.5 Å². The van der Waals surface area contributed by atoms with Crippen molar-refractivity contribution in [1.82, 2.24) is 19.9 Å². The maximum atomic E-state index is 13.1. The molecule has 0 aliphatic carbocycles. The van der Waals surface area contributed by atoms with Crippen LogP contribution in [0.4, 0.5) is 0 Å². The van der Waals surface area contributed by atoms with E-state index in [9.17, 15) is 9.59 Å². The number of hydrogen-bond acceptors (Lipinski definition) is 6. The van der Waals surface area contributed by atoms with Gasteiger partial charge in [-0.3, -0.25) is 14.6 Å². The van der Waals surface area contributed by atoms with Crippen molar-refractivity contribution in [2.75, 3.05) is 14.2 Å². The molecule has 0 saturated heterocycles. The summed E-state index contributed by atoms with van der Waals surface area (Å²) in [6.07, 6.45) is 3.39. The fraction of sp³-hybridized carbons (Fsp3) is 0.353. The molecule has 0 saturated carbocycles. The molecule has 8 nitrogen and oxygen atoms in total. The number of methoxy groups -OCH3 is 2. The largest absolute Gasteiger partial charge is 0.469 e. The molecule has 3 aromatic rings.